The molecule has 0 bridgehead atoms. The number of aliphatic hydroxyl groups excluding tert-OH is 1. The number of hydrogen-bond donors (Lipinski definition) is 1. The average Bonchev–Trinajstić information content (AvgIpc) is 2.54. The molecule has 3 nitrogen and oxygen atoms in total. The summed E-state index contributed by atoms with van der Waals surface area (Å²) in [6, 6.07) is 17.4. The monoisotopic (exact) mass is 372 g/mol. The molecular formula is C17H14AsClN2O. The second-order valence-electron chi connectivity index (χ2n) is 4.88. The molecule has 0 fully saturated rings. The van der Waals surface area contributed by atoms with Crippen LogP contribution in [0.3, 0.4) is 0 Å². The van der Waals surface area contributed by atoms with Crippen molar-refractivity contribution in [1.29, 1.82) is 0 Å². The molecule has 1 unspecified atom stereocenters. The van der Waals surface area contributed by atoms with Gasteiger partial charge in [-0.15, -0.1) is 0 Å². The predicted octanol–water partition coefficient (Wildman–Crippen LogP) is 2.21. The molecule has 3 rings (SSSR count). The van der Waals surface area contributed by atoms with Crippen molar-refractivity contribution in [3.05, 3.63) is 65.3 Å². The second kappa shape index (κ2) is 6.62. The van der Waals surface area contributed by atoms with E-state index in [-0.39, 0.29) is 6.61 Å². The molecule has 2 aromatic carbocycles. The van der Waals surface area contributed by atoms with Gasteiger partial charge in [0.2, 0.25) is 0 Å². The van der Waals surface area contributed by atoms with E-state index in [1.807, 2.05) is 36.4 Å². The number of nitrogens with zero attached hydrogens (tertiary/aromatic N) is 2. The van der Waals surface area contributed by atoms with Gasteiger partial charge in [-0.25, -0.2) is 0 Å². The van der Waals surface area contributed by atoms with Gasteiger partial charge in [-0.05, 0) is 0 Å². The minimum atomic E-state index is -0.000520. The Labute approximate surface area is 142 Å². The standard InChI is InChI=1S/C17H14AsClN2O/c18-14-6-2-5-13(8-14)17-20-15(9-16(19)21-17)12-4-1-3-11(7-12)10-22/h1-9,22H,10,18H2. The second-order valence-corrected chi connectivity index (χ2v) is 6.67. The Balaban J connectivity index is 2.10. The summed E-state index contributed by atoms with van der Waals surface area (Å²) < 4.78 is 1.21. The third-order valence-electron chi connectivity index (χ3n) is 3.25. The molecule has 0 amide bonds. The molecule has 0 aliphatic rings. The van der Waals surface area contributed by atoms with Crippen LogP contribution in [0.15, 0.2) is 54.6 Å². The van der Waals surface area contributed by atoms with E-state index in [0.717, 1.165) is 22.4 Å². The molecule has 110 valence electrons. The van der Waals surface area contributed by atoms with Gasteiger partial charge in [-0.3, -0.25) is 0 Å². The Hall–Kier alpha value is -1.67. The Morgan fingerprint density at radius 2 is 1.73 bits per heavy atom. The van der Waals surface area contributed by atoms with E-state index in [1.165, 1.54) is 4.35 Å². The van der Waals surface area contributed by atoms with Crippen molar-refractivity contribution in [3.63, 3.8) is 0 Å². The maximum atomic E-state index is 9.27. The van der Waals surface area contributed by atoms with Gasteiger partial charge in [0.05, 0.1) is 0 Å². The Morgan fingerprint density at radius 1 is 0.955 bits per heavy atom. The Kier molecular flexibility index (Phi) is 4.58. The van der Waals surface area contributed by atoms with Crippen LogP contribution >= 0.6 is 11.6 Å². The first-order chi connectivity index (χ1) is 10.7. The quantitative estimate of drug-likeness (QED) is 0.566. The molecule has 1 heterocycles. The Morgan fingerprint density at radius 3 is 2.50 bits per heavy atom. The molecule has 22 heavy (non-hydrogen) atoms. The van der Waals surface area contributed by atoms with E-state index < -0.39 is 0 Å². The normalized spacial score (nSPS) is 10.7. The van der Waals surface area contributed by atoms with Gasteiger partial charge >= 0.3 is 142 Å². The summed E-state index contributed by atoms with van der Waals surface area (Å²) in [6.45, 7) is -0.000520. The zero-order valence-electron chi connectivity index (χ0n) is 11.7. The molecule has 0 saturated heterocycles. The first-order valence-electron chi connectivity index (χ1n) is 6.76. The van der Waals surface area contributed by atoms with Crippen molar-refractivity contribution in [2.24, 2.45) is 0 Å². The van der Waals surface area contributed by atoms with Crippen molar-refractivity contribution in [3.8, 4) is 22.6 Å². The number of hydrogen-bond acceptors (Lipinski definition) is 3. The van der Waals surface area contributed by atoms with Gasteiger partial charge in [0.25, 0.3) is 0 Å². The first-order valence-corrected chi connectivity index (χ1v) is 8.35. The van der Waals surface area contributed by atoms with Gasteiger partial charge in [0.15, 0.2) is 0 Å². The molecule has 1 atom stereocenters. The van der Waals surface area contributed by atoms with E-state index in [4.69, 9.17) is 11.6 Å². The van der Waals surface area contributed by atoms with Crippen LogP contribution in [0, 0.1) is 0 Å². The number of aromatic nitrogens is 2. The molecular weight excluding hydrogens is 359 g/mol. The SMILES string of the molecule is OCc1cccc(-c2cc(Cl)nc(-c3cccc([AsH2])c3)n2)c1. The minimum absolute atomic E-state index is 0.000520. The number of benzene rings is 2. The van der Waals surface area contributed by atoms with Crippen molar-refractivity contribution in [1.82, 2.24) is 9.97 Å². The van der Waals surface area contributed by atoms with Crippen LogP contribution in [0.4, 0.5) is 0 Å². The number of halogens is 1. The Bertz CT molecular complexity index is 823. The van der Waals surface area contributed by atoms with E-state index >= 15 is 0 Å². The van der Waals surface area contributed by atoms with Crippen LogP contribution in [0.5, 0.6) is 0 Å². The average molecular weight is 373 g/mol. The van der Waals surface area contributed by atoms with E-state index in [0.29, 0.717) is 11.0 Å². The molecule has 0 aliphatic carbocycles. The molecule has 1 aromatic heterocycles. The third-order valence-corrected chi connectivity index (χ3v) is 4.19. The summed E-state index contributed by atoms with van der Waals surface area (Å²) >= 11 is 7.72. The summed E-state index contributed by atoms with van der Waals surface area (Å²) in [7, 11) is 0. The zero-order valence-corrected chi connectivity index (χ0v) is 14.9. The molecule has 0 saturated carbocycles. The van der Waals surface area contributed by atoms with Gasteiger partial charge in [0, 0.05) is 0 Å². The van der Waals surface area contributed by atoms with Gasteiger partial charge < -0.3 is 0 Å². The van der Waals surface area contributed by atoms with E-state index in [2.05, 4.69) is 22.1 Å². The summed E-state index contributed by atoms with van der Waals surface area (Å²) in [6.07, 6.45) is 0. The zero-order chi connectivity index (χ0) is 15.5. The first kappa shape index (κ1) is 15.2. The van der Waals surface area contributed by atoms with Crippen LogP contribution in [0.2, 0.25) is 5.15 Å². The van der Waals surface area contributed by atoms with Gasteiger partial charge in [0.1, 0.15) is 0 Å². The molecule has 3 aromatic rings. The fraction of sp³-hybridized carbons (Fsp3) is 0.0588. The van der Waals surface area contributed by atoms with Crippen LogP contribution in [-0.2, 0) is 6.61 Å². The van der Waals surface area contributed by atoms with Crippen molar-refractivity contribution < 1.29 is 5.11 Å². The van der Waals surface area contributed by atoms with Crippen LogP contribution in [0.1, 0.15) is 5.56 Å². The maximum absolute atomic E-state index is 9.27. The van der Waals surface area contributed by atoms with Crippen molar-refractivity contribution in [2.75, 3.05) is 0 Å². The summed E-state index contributed by atoms with van der Waals surface area (Å²) in [4.78, 5) is 8.95. The van der Waals surface area contributed by atoms with Gasteiger partial charge in [-0.1, -0.05) is 0 Å². The molecule has 0 aliphatic heterocycles. The van der Waals surface area contributed by atoms with Crippen LogP contribution < -0.4 is 4.35 Å². The number of rotatable bonds is 3. The molecule has 0 radical (unpaired) electrons. The summed E-state index contributed by atoms with van der Waals surface area (Å²) in [5.74, 6) is 0.608. The topological polar surface area (TPSA) is 46.0 Å². The van der Waals surface area contributed by atoms with Crippen molar-refractivity contribution >= 4 is 32.8 Å². The molecule has 5 heteroatoms. The summed E-state index contributed by atoms with van der Waals surface area (Å²) in [5.41, 5.74) is 3.45. The van der Waals surface area contributed by atoms with Crippen LogP contribution in [0.25, 0.3) is 22.6 Å². The summed E-state index contributed by atoms with van der Waals surface area (Å²) in [5, 5.41) is 9.67. The molecule has 0 spiro atoms. The number of aliphatic hydroxyl groups is 1. The fourth-order valence-corrected chi connectivity index (χ4v) is 2.99. The third kappa shape index (κ3) is 3.38. The van der Waals surface area contributed by atoms with Crippen LogP contribution in [-0.4, -0.2) is 31.9 Å². The predicted molar refractivity (Wildman–Crippen MR) is 92.0 cm³/mol. The van der Waals surface area contributed by atoms with Crippen molar-refractivity contribution in [2.45, 2.75) is 6.61 Å². The fourth-order valence-electron chi connectivity index (χ4n) is 2.20. The van der Waals surface area contributed by atoms with Gasteiger partial charge in [-0.2, -0.15) is 0 Å². The molecule has 1 N–H and O–H groups in total. The van der Waals surface area contributed by atoms with E-state index in [9.17, 15) is 5.11 Å². The van der Waals surface area contributed by atoms with E-state index in [1.54, 1.807) is 22.9 Å².